The Morgan fingerprint density at radius 2 is 1.95 bits per heavy atom. The molecule has 3 heterocycles. The molecule has 1 aliphatic rings. The zero-order valence-corrected chi connectivity index (χ0v) is 25.4. The van der Waals surface area contributed by atoms with Gasteiger partial charge in [-0.2, -0.15) is 14.0 Å². The summed E-state index contributed by atoms with van der Waals surface area (Å²) in [5.74, 6) is -1.79. The van der Waals surface area contributed by atoms with Crippen molar-refractivity contribution in [1.29, 1.82) is 5.26 Å². The summed E-state index contributed by atoms with van der Waals surface area (Å²) in [6.45, 7) is 8.17. The second-order valence-corrected chi connectivity index (χ2v) is 12.7. The molecule has 0 spiro atoms. The molecule has 14 heteroatoms. The first-order valence-electron chi connectivity index (χ1n) is 13.0. The topological polar surface area (TPSA) is 104 Å². The molecule has 1 unspecified atom stereocenters. The third kappa shape index (κ3) is 5.38. The molecule has 0 radical (unpaired) electrons. The first kappa shape index (κ1) is 30.0. The fourth-order valence-electron chi connectivity index (χ4n) is 4.72. The molecule has 1 fully saturated rings. The highest BCUT2D eigenvalue weighted by atomic mass is 79.9. The summed E-state index contributed by atoms with van der Waals surface area (Å²) < 4.78 is 58.6. The van der Waals surface area contributed by atoms with Crippen molar-refractivity contribution in [3.8, 4) is 6.07 Å². The van der Waals surface area contributed by atoms with Crippen molar-refractivity contribution in [1.82, 2.24) is 25.0 Å². The maximum atomic E-state index is 15.9. The van der Waals surface area contributed by atoms with Crippen LogP contribution in [0.1, 0.15) is 62.2 Å². The summed E-state index contributed by atoms with van der Waals surface area (Å²) in [5.41, 5.74) is -0.0731. The summed E-state index contributed by atoms with van der Waals surface area (Å²) in [6, 6.07) is 5.10. The van der Waals surface area contributed by atoms with Gasteiger partial charge in [0.05, 0.1) is 32.0 Å². The number of hydrogen-bond donors (Lipinski definition) is 2. The van der Waals surface area contributed by atoms with Crippen molar-refractivity contribution in [2.24, 2.45) is 5.41 Å². The maximum Gasteiger partial charge on any atom is 0.263 e. The van der Waals surface area contributed by atoms with Crippen LogP contribution in [-0.2, 0) is 5.54 Å². The Balaban J connectivity index is 1.68. The van der Waals surface area contributed by atoms with E-state index in [2.05, 4.69) is 52.9 Å². The molecule has 0 aliphatic heterocycles. The molecule has 1 aliphatic carbocycles. The molecule has 8 nitrogen and oxygen atoms in total. The van der Waals surface area contributed by atoms with Crippen molar-refractivity contribution < 1.29 is 17.6 Å². The fraction of sp³-hybridized carbons (Fsp3) is 0.393. The molecule has 220 valence electrons. The molecule has 5 rings (SSSR count). The van der Waals surface area contributed by atoms with Crippen LogP contribution in [0.4, 0.5) is 28.9 Å². The number of nitrogens with one attached hydrogen (secondary N) is 2. The quantitative estimate of drug-likeness (QED) is 0.148. The van der Waals surface area contributed by atoms with Gasteiger partial charge in [-0.25, -0.2) is 18.4 Å². The number of halogens is 6. The van der Waals surface area contributed by atoms with E-state index in [9.17, 15) is 18.4 Å². The molecule has 1 aromatic carbocycles. The smallest absolute Gasteiger partial charge is 0.263 e. The Bertz CT molecular complexity index is 1730. The van der Waals surface area contributed by atoms with Crippen LogP contribution in [0.15, 0.2) is 28.9 Å². The lowest BCUT2D eigenvalue weighted by Gasteiger charge is -2.24. The minimum atomic E-state index is -2.84. The van der Waals surface area contributed by atoms with Gasteiger partial charge in [0.15, 0.2) is 0 Å². The van der Waals surface area contributed by atoms with Crippen LogP contribution in [-0.4, -0.2) is 37.9 Å². The minimum absolute atomic E-state index is 0.0595. The number of nitriles is 1. The van der Waals surface area contributed by atoms with Gasteiger partial charge in [0.25, 0.3) is 6.43 Å². The van der Waals surface area contributed by atoms with Gasteiger partial charge in [-0.15, -0.1) is 5.10 Å². The first-order chi connectivity index (χ1) is 19.8. The summed E-state index contributed by atoms with van der Waals surface area (Å²) in [4.78, 5) is 8.25. The van der Waals surface area contributed by atoms with E-state index >= 15 is 4.39 Å². The number of benzene rings is 1. The van der Waals surface area contributed by atoms with Crippen LogP contribution in [0, 0.1) is 35.6 Å². The average Bonchev–Trinajstić information content (AvgIpc) is 3.64. The number of pyridine rings is 2. The van der Waals surface area contributed by atoms with E-state index in [0.29, 0.717) is 43.5 Å². The molecular formula is C28H26BrClF4N8. The average molecular weight is 666 g/mol. The third-order valence-electron chi connectivity index (χ3n) is 7.15. The van der Waals surface area contributed by atoms with E-state index in [-0.39, 0.29) is 40.2 Å². The Hall–Kier alpha value is -3.50. The van der Waals surface area contributed by atoms with Gasteiger partial charge in [0.1, 0.15) is 23.3 Å². The normalized spacial score (nSPS) is 15.1. The van der Waals surface area contributed by atoms with Gasteiger partial charge in [0, 0.05) is 29.4 Å². The van der Waals surface area contributed by atoms with Crippen LogP contribution in [0.5, 0.6) is 0 Å². The second kappa shape index (κ2) is 11.0. The highest BCUT2D eigenvalue weighted by molar-refractivity contribution is 9.10. The Morgan fingerprint density at radius 1 is 1.24 bits per heavy atom. The fourth-order valence-corrected chi connectivity index (χ4v) is 5.58. The number of rotatable bonds is 8. The molecule has 0 amide bonds. The van der Waals surface area contributed by atoms with Gasteiger partial charge in [-0.1, -0.05) is 43.7 Å². The van der Waals surface area contributed by atoms with Crippen molar-refractivity contribution in [3.63, 3.8) is 0 Å². The summed E-state index contributed by atoms with van der Waals surface area (Å²) in [6.07, 6.45) is -1.29. The van der Waals surface area contributed by atoms with Crippen LogP contribution >= 0.6 is 27.5 Å². The van der Waals surface area contributed by atoms with E-state index in [4.69, 9.17) is 11.6 Å². The number of alkyl halides is 2. The lowest BCUT2D eigenvalue weighted by molar-refractivity contribution is 0.0524. The van der Waals surface area contributed by atoms with E-state index in [1.54, 1.807) is 6.07 Å². The largest absolute Gasteiger partial charge is 0.383 e. The van der Waals surface area contributed by atoms with Gasteiger partial charge >= 0.3 is 0 Å². The SMILES string of the molecule is Cc1nc(F)ccc1C(Nc1cc(Cl)c2ncc(C#N)c(NCC(C)(C)C)c2c1Br)c1nnn(C2(C(F)F)CC2)c1F. The predicted octanol–water partition coefficient (Wildman–Crippen LogP) is 7.51. The molecule has 2 N–H and O–H groups in total. The van der Waals surface area contributed by atoms with Crippen molar-refractivity contribution >= 4 is 49.8 Å². The number of aryl methyl sites for hydroxylation is 1. The molecule has 1 atom stereocenters. The predicted molar refractivity (Wildman–Crippen MR) is 155 cm³/mol. The molecule has 1 saturated carbocycles. The first-order valence-corrected chi connectivity index (χ1v) is 14.2. The Morgan fingerprint density at radius 3 is 2.55 bits per heavy atom. The third-order valence-corrected chi connectivity index (χ3v) is 8.27. The monoisotopic (exact) mass is 664 g/mol. The summed E-state index contributed by atoms with van der Waals surface area (Å²) >= 11 is 10.3. The van der Waals surface area contributed by atoms with Crippen LogP contribution in [0.3, 0.4) is 0 Å². The Kier molecular flexibility index (Phi) is 7.83. The Labute approximate surface area is 252 Å². The van der Waals surface area contributed by atoms with E-state index in [1.807, 2.05) is 20.8 Å². The number of anilines is 2. The highest BCUT2D eigenvalue weighted by Crippen LogP contribution is 2.49. The molecule has 4 aromatic rings. The van der Waals surface area contributed by atoms with Crippen LogP contribution < -0.4 is 10.6 Å². The molecule has 3 aromatic heterocycles. The van der Waals surface area contributed by atoms with E-state index in [1.165, 1.54) is 19.2 Å². The highest BCUT2D eigenvalue weighted by Gasteiger charge is 2.56. The second-order valence-electron chi connectivity index (χ2n) is 11.5. The molecule has 42 heavy (non-hydrogen) atoms. The van der Waals surface area contributed by atoms with Crippen molar-refractivity contribution in [2.75, 3.05) is 17.2 Å². The standard InChI is InChI=1S/C28H26BrClF4N8/c1-13-15(5-6-18(31)38-13)22(24-25(32)42(41-40-24)28(7-8-28)26(33)34)39-17-9-16(30)23-19(20(17)29)21(14(10-35)11-36-23)37-12-27(2,3)4/h5-6,9,11,22,26,39H,7-8,12H2,1-4H3,(H,36,37). The van der Waals surface area contributed by atoms with E-state index < -0.39 is 29.9 Å². The maximum absolute atomic E-state index is 15.9. The van der Waals surface area contributed by atoms with Gasteiger partial charge < -0.3 is 10.6 Å². The van der Waals surface area contributed by atoms with Gasteiger partial charge in [-0.3, -0.25) is 4.98 Å². The molecular weight excluding hydrogens is 640 g/mol. The van der Waals surface area contributed by atoms with Crippen molar-refractivity contribution in [3.05, 3.63) is 68.3 Å². The summed E-state index contributed by atoms with van der Waals surface area (Å²) in [5, 5.41) is 24.8. The van der Waals surface area contributed by atoms with Crippen molar-refractivity contribution in [2.45, 2.75) is 58.5 Å². The van der Waals surface area contributed by atoms with Crippen LogP contribution in [0.2, 0.25) is 5.02 Å². The number of fused-ring (bicyclic) bond motifs is 1. The van der Waals surface area contributed by atoms with Gasteiger partial charge in [0.2, 0.25) is 11.9 Å². The lowest BCUT2D eigenvalue weighted by atomic mass is 9.96. The molecule has 0 bridgehead atoms. The number of hydrogen-bond acceptors (Lipinski definition) is 7. The van der Waals surface area contributed by atoms with Gasteiger partial charge in [-0.05, 0) is 53.2 Å². The molecule has 0 saturated heterocycles. The van der Waals surface area contributed by atoms with E-state index in [0.717, 1.165) is 6.07 Å². The zero-order valence-electron chi connectivity index (χ0n) is 23.0. The summed E-state index contributed by atoms with van der Waals surface area (Å²) in [7, 11) is 0. The van der Waals surface area contributed by atoms with Crippen LogP contribution in [0.25, 0.3) is 10.9 Å². The number of nitrogens with zero attached hydrogens (tertiary/aromatic N) is 6. The number of aromatic nitrogens is 5. The minimum Gasteiger partial charge on any atom is -0.383 e. The zero-order chi connectivity index (χ0) is 30.6. The lowest BCUT2D eigenvalue weighted by Crippen LogP contribution is -2.29.